The number of nitrogens with two attached hydrogens (primary N) is 1. The van der Waals surface area contributed by atoms with Gasteiger partial charge in [-0.05, 0) is 12.3 Å². The summed E-state index contributed by atoms with van der Waals surface area (Å²) in [6.45, 7) is 6.87. The summed E-state index contributed by atoms with van der Waals surface area (Å²) in [5.74, 6) is 1.37. The van der Waals surface area contributed by atoms with Gasteiger partial charge in [0.25, 0.3) is 0 Å². The van der Waals surface area contributed by atoms with Crippen molar-refractivity contribution >= 4 is 10.8 Å². The quantitative estimate of drug-likeness (QED) is 0.691. The fraction of sp³-hybridized carbons (Fsp3) is 1.00. The highest BCUT2D eigenvalue weighted by atomic mass is 32.2. The van der Waals surface area contributed by atoms with Crippen LogP contribution in [0.1, 0.15) is 33.6 Å². The van der Waals surface area contributed by atoms with E-state index in [1.54, 1.807) is 0 Å². The van der Waals surface area contributed by atoms with Crippen LogP contribution in [-0.2, 0) is 10.8 Å². The molecule has 0 aromatic carbocycles. The van der Waals surface area contributed by atoms with Crippen molar-refractivity contribution < 1.29 is 4.21 Å². The Morgan fingerprint density at radius 2 is 1.92 bits per heavy atom. The zero-order valence-electron chi connectivity index (χ0n) is 8.38. The Balaban J connectivity index is 3.84. The minimum atomic E-state index is -0.713. The molecule has 0 radical (unpaired) electrons. The molecule has 0 rings (SSSR count). The smallest absolute Gasteiger partial charge is 0.0467 e. The minimum absolute atomic E-state index is 0.207. The van der Waals surface area contributed by atoms with Gasteiger partial charge in [0.2, 0.25) is 0 Å². The molecule has 2 nitrogen and oxygen atoms in total. The average Bonchev–Trinajstić information content (AvgIpc) is 2.06. The maximum absolute atomic E-state index is 11.6. The summed E-state index contributed by atoms with van der Waals surface area (Å²) in [4.78, 5) is 0. The largest absolute Gasteiger partial charge is 0.329 e. The highest BCUT2D eigenvalue weighted by Crippen LogP contribution is 2.08. The Kier molecular flexibility index (Phi) is 6.67. The summed E-state index contributed by atoms with van der Waals surface area (Å²) in [7, 11) is -0.713. The van der Waals surface area contributed by atoms with Crippen LogP contribution in [0.5, 0.6) is 0 Å². The maximum Gasteiger partial charge on any atom is 0.0467 e. The molecule has 0 aliphatic carbocycles. The first-order valence-corrected chi connectivity index (χ1v) is 6.11. The molecule has 0 aliphatic heterocycles. The van der Waals surface area contributed by atoms with Gasteiger partial charge in [-0.2, -0.15) is 0 Å². The first-order valence-electron chi connectivity index (χ1n) is 4.72. The van der Waals surface area contributed by atoms with E-state index < -0.39 is 10.8 Å². The van der Waals surface area contributed by atoms with E-state index in [4.69, 9.17) is 5.73 Å². The molecule has 0 spiro atoms. The second-order valence-electron chi connectivity index (χ2n) is 3.33. The monoisotopic (exact) mass is 191 g/mol. The summed E-state index contributed by atoms with van der Waals surface area (Å²) in [6, 6.07) is 0. The molecule has 0 bridgehead atoms. The lowest BCUT2D eigenvalue weighted by molar-refractivity contribution is 0.606. The molecule has 74 valence electrons. The van der Waals surface area contributed by atoms with Gasteiger partial charge in [-0.1, -0.05) is 27.2 Å². The van der Waals surface area contributed by atoms with Crippen LogP contribution in [0.3, 0.4) is 0 Å². The number of rotatable bonds is 6. The van der Waals surface area contributed by atoms with Crippen LogP contribution in [0, 0.1) is 5.92 Å². The second kappa shape index (κ2) is 6.61. The van der Waals surface area contributed by atoms with Crippen molar-refractivity contribution in [2.45, 2.75) is 38.9 Å². The molecule has 0 fully saturated rings. The predicted molar refractivity (Wildman–Crippen MR) is 55.6 cm³/mol. The highest BCUT2D eigenvalue weighted by Gasteiger charge is 2.14. The maximum atomic E-state index is 11.6. The van der Waals surface area contributed by atoms with Gasteiger partial charge in [-0.15, -0.1) is 0 Å². The third kappa shape index (κ3) is 4.21. The van der Waals surface area contributed by atoms with Crippen LogP contribution >= 0.6 is 0 Å². The molecule has 0 heterocycles. The van der Waals surface area contributed by atoms with Crippen LogP contribution in [0.2, 0.25) is 0 Å². The third-order valence-electron chi connectivity index (χ3n) is 2.24. The van der Waals surface area contributed by atoms with Crippen LogP contribution in [0.15, 0.2) is 0 Å². The van der Waals surface area contributed by atoms with E-state index >= 15 is 0 Å². The standard InChI is InChI=1S/C9H21NOS/c1-4-8(3)7-12(11)9(5-2)6-10/h8-9H,4-7,10H2,1-3H3. The van der Waals surface area contributed by atoms with Gasteiger partial charge >= 0.3 is 0 Å². The van der Waals surface area contributed by atoms with Gasteiger partial charge in [-0.3, -0.25) is 4.21 Å². The van der Waals surface area contributed by atoms with Crippen molar-refractivity contribution in [3.05, 3.63) is 0 Å². The molecule has 12 heavy (non-hydrogen) atoms. The summed E-state index contributed by atoms with van der Waals surface area (Å²) >= 11 is 0. The van der Waals surface area contributed by atoms with Gasteiger partial charge in [0.05, 0.1) is 0 Å². The molecule has 0 amide bonds. The second-order valence-corrected chi connectivity index (χ2v) is 5.09. The Hall–Kier alpha value is 0.110. The van der Waals surface area contributed by atoms with Crippen molar-refractivity contribution in [1.82, 2.24) is 0 Å². The van der Waals surface area contributed by atoms with E-state index in [2.05, 4.69) is 13.8 Å². The molecular formula is C9H21NOS. The molecule has 0 aromatic heterocycles. The molecule has 0 saturated heterocycles. The first kappa shape index (κ1) is 12.1. The van der Waals surface area contributed by atoms with E-state index in [1.165, 1.54) is 0 Å². The first-order chi connectivity index (χ1) is 5.65. The van der Waals surface area contributed by atoms with Crippen molar-refractivity contribution in [1.29, 1.82) is 0 Å². The average molecular weight is 191 g/mol. The van der Waals surface area contributed by atoms with Gasteiger partial charge < -0.3 is 5.73 Å². The van der Waals surface area contributed by atoms with Crippen molar-refractivity contribution in [3.63, 3.8) is 0 Å². The van der Waals surface area contributed by atoms with E-state index in [1.807, 2.05) is 6.92 Å². The fourth-order valence-electron chi connectivity index (χ4n) is 0.994. The lowest BCUT2D eigenvalue weighted by atomic mass is 10.2. The third-order valence-corrected chi connectivity index (χ3v) is 4.40. The fourth-order valence-corrected chi connectivity index (χ4v) is 2.65. The van der Waals surface area contributed by atoms with E-state index in [9.17, 15) is 4.21 Å². The topological polar surface area (TPSA) is 43.1 Å². The zero-order chi connectivity index (χ0) is 9.56. The van der Waals surface area contributed by atoms with Crippen molar-refractivity contribution in [2.24, 2.45) is 11.7 Å². The molecule has 3 unspecified atom stereocenters. The summed E-state index contributed by atoms with van der Waals surface area (Å²) in [5, 5.41) is 0.207. The van der Waals surface area contributed by atoms with Crippen LogP contribution in [0.25, 0.3) is 0 Å². The summed E-state index contributed by atoms with van der Waals surface area (Å²) in [6.07, 6.45) is 2.03. The van der Waals surface area contributed by atoms with E-state index in [0.29, 0.717) is 12.5 Å². The van der Waals surface area contributed by atoms with Crippen LogP contribution in [-0.4, -0.2) is 21.8 Å². The molecular weight excluding hydrogens is 170 g/mol. The van der Waals surface area contributed by atoms with Crippen LogP contribution < -0.4 is 5.73 Å². The lowest BCUT2D eigenvalue weighted by Gasteiger charge is -2.14. The van der Waals surface area contributed by atoms with Crippen molar-refractivity contribution in [2.75, 3.05) is 12.3 Å². The Morgan fingerprint density at radius 1 is 1.33 bits per heavy atom. The highest BCUT2D eigenvalue weighted by molar-refractivity contribution is 7.85. The number of hydrogen-bond donors (Lipinski definition) is 1. The molecule has 0 saturated carbocycles. The van der Waals surface area contributed by atoms with E-state index in [-0.39, 0.29) is 5.25 Å². The molecule has 0 aliphatic rings. The van der Waals surface area contributed by atoms with Gasteiger partial charge in [-0.25, -0.2) is 0 Å². The molecule has 0 aromatic rings. The SMILES string of the molecule is CCC(C)CS(=O)C(CC)CN. The Labute approximate surface area is 78.4 Å². The van der Waals surface area contributed by atoms with Gasteiger partial charge in [0.15, 0.2) is 0 Å². The summed E-state index contributed by atoms with van der Waals surface area (Å²) < 4.78 is 11.6. The lowest BCUT2D eigenvalue weighted by Crippen LogP contribution is -2.27. The Bertz CT molecular complexity index is 134. The van der Waals surface area contributed by atoms with E-state index in [0.717, 1.165) is 18.6 Å². The predicted octanol–water partition coefficient (Wildman–Crippen LogP) is 1.52. The number of hydrogen-bond acceptors (Lipinski definition) is 2. The molecule has 3 heteroatoms. The Morgan fingerprint density at radius 3 is 2.25 bits per heavy atom. The van der Waals surface area contributed by atoms with Gasteiger partial charge in [0, 0.05) is 28.3 Å². The zero-order valence-corrected chi connectivity index (χ0v) is 9.19. The normalized spacial score (nSPS) is 18.7. The summed E-state index contributed by atoms with van der Waals surface area (Å²) in [5.41, 5.74) is 5.51. The minimum Gasteiger partial charge on any atom is -0.329 e. The van der Waals surface area contributed by atoms with Crippen LogP contribution in [0.4, 0.5) is 0 Å². The van der Waals surface area contributed by atoms with Crippen molar-refractivity contribution in [3.8, 4) is 0 Å². The van der Waals surface area contributed by atoms with Gasteiger partial charge in [0.1, 0.15) is 0 Å². The molecule has 2 N–H and O–H groups in total. The molecule has 3 atom stereocenters.